The Morgan fingerprint density at radius 2 is 1.66 bits per heavy atom. The molecule has 2 aromatic carbocycles. The molecule has 11 heteroatoms. The second-order valence-electron chi connectivity index (χ2n) is 8.20. The molecular weight excluding hydrogens is 456 g/mol. The Kier molecular flexibility index (Phi) is 7.66. The van der Waals surface area contributed by atoms with Gasteiger partial charge in [0.2, 0.25) is 0 Å². The first-order valence-electron chi connectivity index (χ1n) is 11.4. The Hall–Kier alpha value is -3.86. The van der Waals surface area contributed by atoms with Crippen molar-refractivity contribution in [1.29, 1.82) is 0 Å². The van der Waals surface area contributed by atoms with Crippen molar-refractivity contribution in [3.05, 3.63) is 58.1 Å². The average molecular weight is 485 g/mol. The second-order valence-corrected chi connectivity index (χ2v) is 8.20. The number of amides is 1. The topological polar surface area (TPSA) is 115 Å². The first-order valence-corrected chi connectivity index (χ1v) is 11.4. The number of hydrogen-bond acceptors (Lipinski definition) is 9. The van der Waals surface area contributed by atoms with Crippen LogP contribution in [0.25, 0.3) is 0 Å². The molecule has 0 spiro atoms. The van der Waals surface area contributed by atoms with E-state index < -0.39 is 17.5 Å². The Morgan fingerprint density at radius 1 is 0.971 bits per heavy atom. The van der Waals surface area contributed by atoms with Crippen molar-refractivity contribution in [2.45, 2.75) is 0 Å². The summed E-state index contributed by atoms with van der Waals surface area (Å²) in [5, 5.41) is 11.6. The number of benzene rings is 2. The normalized spacial score (nSPS) is 16.1. The molecule has 0 aromatic heterocycles. The van der Waals surface area contributed by atoms with E-state index in [0.29, 0.717) is 58.2 Å². The van der Waals surface area contributed by atoms with Crippen LogP contribution in [0.5, 0.6) is 5.75 Å². The van der Waals surface area contributed by atoms with Gasteiger partial charge >= 0.3 is 5.97 Å². The zero-order valence-electron chi connectivity index (χ0n) is 19.6. The lowest BCUT2D eigenvalue weighted by molar-refractivity contribution is -0.384. The van der Waals surface area contributed by atoms with Crippen LogP contribution in [-0.4, -0.2) is 87.9 Å². The maximum Gasteiger partial charge on any atom is 0.338 e. The summed E-state index contributed by atoms with van der Waals surface area (Å²) in [5.74, 6) is -0.288. The average Bonchev–Trinajstić information content (AvgIpc) is 2.91. The van der Waals surface area contributed by atoms with Crippen LogP contribution in [0, 0.1) is 10.1 Å². The number of morpholine rings is 1. The highest BCUT2D eigenvalue weighted by Crippen LogP contribution is 2.30. The second kappa shape index (κ2) is 11.0. The van der Waals surface area contributed by atoms with Gasteiger partial charge in [-0.05, 0) is 36.4 Å². The lowest BCUT2D eigenvalue weighted by Gasteiger charge is -2.36. The van der Waals surface area contributed by atoms with E-state index >= 15 is 0 Å². The third-order valence-electron chi connectivity index (χ3n) is 6.16. The van der Waals surface area contributed by atoms with Gasteiger partial charge in [0.15, 0.2) is 6.61 Å². The molecule has 2 aliphatic heterocycles. The van der Waals surface area contributed by atoms with E-state index in [1.807, 2.05) is 29.2 Å². The van der Waals surface area contributed by atoms with Gasteiger partial charge in [0.1, 0.15) is 11.4 Å². The Bertz CT molecular complexity index is 1060. The molecule has 0 aliphatic carbocycles. The van der Waals surface area contributed by atoms with Gasteiger partial charge in [0, 0.05) is 51.0 Å². The Labute approximate surface area is 202 Å². The van der Waals surface area contributed by atoms with E-state index in [4.69, 9.17) is 14.2 Å². The summed E-state index contributed by atoms with van der Waals surface area (Å²) >= 11 is 0. The van der Waals surface area contributed by atoms with Gasteiger partial charge in [0.05, 0.1) is 30.8 Å². The molecule has 0 saturated carbocycles. The van der Waals surface area contributed by atoms with E-state index in [1.165, 1.54) is 12.1 Å². The van der Waals surface area contributed by atoms with Crippen molar-refractivity contribution >= 4 is 28.9 Å². The van der Waals surface area contributed by atoms with Gasteiger partial charge in [0.25, 0.3) is 11.6 Å². The largest absolute Gasteiger partial charge is 0.497 e. The third kappa shape index (κ3) is 5.80. The maximum absolute atomic E-state index is 12.6. The van der Waals surface area contributed by atoms with Crippen LogP contribution in [0.2, 0.25) is 0 Å². The van der Waals surface area contributed by atoms with Crippen LogP contribution in [-0.2, 0) is 14.3 Å². The first-order chi connectivity index (χ1) is 17.0. The summed E-state index contributed by atoms with van der Waals surface area (Å²) in [4.78, 5) is 41.9. The molecule has 35 heavy (non-hydrogen) atoms. The summed E-state index contributed by atoms with van der Waals surface area (Å²) in [6.45, 7) is 3.93. The van der Waals surface area contributed by atoms with Gasteiger partial charge in [-0.3, -0.25) is 14.9 Å². The number of hydrogen-bond donors (Lipinski definition) is 0. The summed E-state index contributed by atoms with van der Waals surface area (Å²) in [5.41, 5.74) is 1.33. The summed E-state index contributed by atoms with van der Waals surface area (Å²) < 4.78 is 15.7. The minimum absolute atomic E-state index is 0.0332. The first kappa shape index (κ1) is 24.3. The number of carbonyl (C=O) groups is 2. The molecule has 4 rings (SSSR count). The molecule has 2 aliphatic rings. The lowest BCUT2D eigenvalue weighted by atomic mass is 10.1. The minimum atomic E-state index is -0.771. The fraction of sp³-hybridized carbons (Fsp3) is 0.417. The molecular formula is C24H28N4O7. The van der Waals surface area contributed by atoms with Crippen LogP contribution < -0.4 is 14.5 Å². The fourth-order valence-corrected chi connectivity index (χ4v) is 4.18. The van der Waals surface area contributed by atoms with E-state index in [9.17, 15) is 19.7 Å². The van der Waals surface area contributed by atoms with Crippen LogP contribution in [0.15, 0.2) is 42.5 Å². The van der Waals surface area contributed by atoms with Crippen LogP contribution >= 0.6 is 0 Å². The molecule has 1 amide bonds. The van der Waals surface area contributed by atoms with Gasteiger partial charge in [-0.2, -0.15) is 0 Å². The zero-order valence-corrected chi connectivity index (χ0v) is 19.6. The highest BCUT2D eigenvalue weighted by Gasteiger charge is 2.25. The van der Waals surface area contributed by atoms with Gasteiger partial charge in [-0.15, -0.1) is 0 Å². The molecule has 0 unspecified atom stereocenters. The molecule has 2 heterocycles. The predicted molar refractivity (Wildman–Crippen MR) is 128 cm³/mol. The molecule has 0 atom stereocenters. The highest BCUT2D eigenvalue weighted by molar-refractivity contribution is 5.93. The van der Waals surface area contributed by atoms with Crippen molar-refractivity contribution in [2.75, 3.05) is 76.0 Å². The lowest BCUT2D eigenvalue weighted by Crippen LogP contribution is -2.49. The SMILES string of the molecule is COc1ccc(N2CCN(C(=O)COC(=O)c3ccc(N4CCOCC4)c([N+](=O)[O-])c3)CC2)cc1. The number of nitro benzene ring substituents is 1. The zero-order chi connectivity index (χ0) is 24.8. The Balaban J connectivity index is 1.30. The predicted octanol–water partition coefficient (Wildman–Crippen LogP) is 1.95. The quantitative estimate of drug-likeness (QED) is 0.330. The third-order valence-corrected chi connectivity index (χ3v) is 6.16. The van der Waals surface area contributed by atoms with E-state index in [2.05, 4.69) is 4.90 Å². The number of carbonyl (C=O) groups excluding carboxylic acids is 2. The summed E-state index contributed by atoms with van der Waals surface area (Å²) in [6, 6.07) is 12.0. The number of nitrogens with zero attached hydrogens (tertiary/aromatic N) is 4. The molecule has 2 saturated heterocycles. The van der Waals surface area contributed by atoms with Crippen molar-refractivity contribution < 1.29 is 28.7 Å². The van der Waals surface area contributed by atoms with E-state index in [-0.39, 0.29) is 17.2 Å². The number of anilines is 2. The van der Waals surface area contributed by atoms with Gasteiger partial charge in [-0.25, -0.2) is 4.79 Å². The highest BCUT2D eigenvalue weighted by atomic mass is 16.6. The smallest absolute Gasteiger partial charge is 0.338 e. The van der Waals surface area contributed by atoms with Crippen molar-refractivity contribution in [3.63, 3.8) is 0 Å². The minimum Gasteiger partial charge on any atom is -0.497 e. The molecule has 2 fully saturated rings. The number of nitro groups is 1. The van der Waals surface area contributed by atoms with Gasteiger partial charge in [-0.1, -0.05) is 0 Å². The number of esters is 1. The van der Waals surface area contributed by atoms with Crippen molar-refractivity contribution in [2.24, 2.45) is 0 Å². The molecule has 0 bridgehead atoms. The molecule has 0 radical (unpaired) electrons. The molecule has 11 nitrogen and oxygen atoms in total. The van der Waals surface area contributed by atoms with Gasteiger partial charge < -0.3 is 28.9 Å². The van der Waals surface area contributed by atoms with E-state index in [0.717, 1.165) is 11.4 Å². The van der Waals surface area contributed by atoms with Crippen LogP contribution in [0.4, 0.5) is 17.1 Å². The number of ether oxygens (including phenoxy) is 3. The monoisotopic (exact) mass is 484 g/mol. The van der Waals surface area contributed by atoms with Crippen molar-refractivity contribution in [1.82, 2.24) is 4.90 Å². The summed E-state index contributed by atoms with van der Waals surface area (Å²) in [7, 11) is 1.62. The van der Waals surface area contributed by atoms with Crippen molar-refractivity contribution in [3.8, 4) is 5.75 Å². The standard InChI is InChI=1S/C24H28N4O7/c1-33-20-5-3-19(4-6-20)25-8-10-27(11-9-25)23(29)17-35-24(30)18-2-7-21(22(16-18)28(31)32)26-12-14-34-15-13-26/h2-7,16H,8-15,17H2,1H3. The fourth-order valence-electron chi connectivity index (χ4n) is 4.18. The van der Waals surface area contributed by atoms with E-state index in [1.54, 1.807) is 18.1 Å². The maximum atomic E-state index is 12.6. The number of rotatable bonds is 7. The number of piperazine rings is 1. The number of methoxy groups -OCH3 is 1. The van der Waals surface area contributed by atoms with Crippen LogP contribution in [0.3, 0.4) is 0 Å². The molecule has 2 aromatic rings. The summed E-state index contributed by atoms with van der Waals surface area (Å²) in [6.07, 6.45) is 0. The molecule has 0 N–H and O–H groups in total. The molecule has 186 valence electrons. The van der Waals surface area contributed by atoms with Crippen LogP contribution in [0.1, 0.15) is 10.4 Å². The Morgan fingerprint density at radius 3 is 2.29 bits per heavy atom.